The van der Waals surface area contributed by atoms with Gasteiger partial charge >= 0.3 is 0 Å². The van der Waals surface area contributed by atoms with E-state index in [9.17, 15) is 14.0 Å². The topological polar surface area (TPSA) is 75.5 Å². The minimum Gasteiger partial charge on any atom is -0.351 e. The maximum atomic E-state index is 13.8. The van der Waals surface area contributed by atoms with Gasteiger partial charge in [0.05, 0.1) is 11.2 Å². The first-order valence-electron chi connectivity index (χ1n) is 8.93. The van der Waals surface area contributed by atoms with Crippen LogP contribution in [0.2, 0.25) is 0 Å². The molecule has 0 saturated heterocycles. The molecular formula is C20H21FN4O2. The monoisotopic (exact) mass is 368 g/mol. The number of imidazole rings is 1. The van der Waals surface area contributed by atoms with Crippen molar-refractivity contribution in [2.45, 2.75) is 26.2 Å². The first-order chi connectivity index (χ1) is 13.1. The van der Waals surface area contributed by atoms with Gasteiger partial charge in [0, 0.05) is 12.7 Å². The van der Waals surface area contributed by atoms with Gasteiger partial charge in [-0.05, 0) is 30.7 Å². The van der Waals surface area contributed by atoms with Crippen molar-refractivity contribution in [3.05, 3.63) is 66.0 Å². The average Bonchev–Trinajstić information content (AvgIpc) is 3.07. The molecular weight excluding hydrogens is 347 g/mol. The number of pyridine rings is 1. The molecule has 3 aromatic rings. The fourth-order valence-corrected chi connectivity index (χ4v) is 2.77. The van der Waals surface area contributed by atoms with Crippen molar-refractivity contribution in [1.82, 2.24) is 14.7 Å². The molecule has 0 bridgehead atoms. The molecule has 140 valence electrons. The molecule has 0 unspecified atom stereocenters. The van der Waals surface area contributed by atoms with Crippen LogP contribution < -0.4 is 10.6 Å². The summed E-state index contributed by atoms with van der Waals surface area (Å²) in [6, 6.07) is 11.1. The summed E-state index contributed by atoms with van der Waals surface area (Å²) >= 11 is 0. The van der Waals surface area contributed by atoms with E-state index in [4.69, 9.17) is 0 Å². The lowest BCUT2D eigenvalue weighted by Gasteiger charge is -2.05. The Kier molecular flexibility index (Phi) is 5.80. The number of rotatable bonds is 7. The third-order valence-corrected chi connectivity index (χ3v) is 4.15. The number of aromatic nitrogens is 2. The van der Waals surface area contributed by atoms with Gasteiger partial charge in [0.15, 0.2) is 5.69 Å². The molecule has 0 atom stereocenters. The van der Waals surface area contributed by atoms with Gasteiger partial charge in [-0.1, -0.05) is 38.0 Å². The van der Waals surface area contributed by atoms with Gasteiger partial charge in [0.25, 0.3) is 11.8 Å². The third-order valence-electron chi connectivity index (χ3n) is 4.15. The van der Waals surface area contributed by atoms with Gasteiger partial charge in [0.1, 0.15) is 5.82 Å². The Morgan fingerprint density at radius 3 is 2.63 bits per heavy atom. The van der Waals surface area contributed by atoms with Crippen molar-refractivity contribution in [2.75, 3.05) is 11.9 Å². The molecule has 0 aliphatic rings. The SMILES string of the molecule is CCCCCNC(=O)c1nc(C(=O)Nc2ccccc2F)n2ccccc12. The van der Waals surface area contributed by atoms with E-state index < -0.39 is 11.7 Å². The molecule has 2 aromatic heterocycles. The first kappa shape index (κ1) is 18.6. The normalized spacial score (nSPS) is 10.7. The molecule has 0 radical (unpaired) electrons. The van der Waals surface area contributed by atoms with Crippen molar-refractivity contribution in [3.8, 4) is 0 Å². The molecule has 2 N–H and O–H groups in total. The average molecular weight is 368 g/mol. The summed E-state index contributed by atoms with van der Waals surface area (Å²) in [5, 5.41) is 5.33. The third kappa shape index (κ3) is 4.13. The Labute approximate surface area is 156 Å². The van der Waals surface area contributed by atoms with Crippen LogP contribution >= 0.6 is 0 Å². The number of nitrogens with one attached hydrogen (secondary N) is 2. The highest BCUT2D eigenvalue weighted by Gasteiger charge is 2.21. The Morgan fingerprint density at radius 2 is 1.85 bits per heavy atom. The predicted octanol–water partition coefficient (Wildman–Crippen LogP) is 3.65. The lowest BCUT2D eigenvalue weighted by molar-refractivity contribution is 0.0950. The molecule has 0 aliphatic heterocycles. The van der Waals surface area contributed by atoms with E-state index in [0.29, 0.717) is 12.1 Å². The predicted molar refractivity (Wildman–Crippen MR) is 101 cm³/mol. The van der Waals surface area contributed by atoms with E-state index in [1.807, 2.05) is 0 Å². The van der Waals surface area contributed by atoms with Crippen molar-refractivity contribution < 1.29 is 14.0 Å². The zero-order chi connectivity index (χ0) is 19.2. The standard InChI is InChI=1S/C20H21FN4O2/c1-2-3-7-12-22-19(26)17-16-11-6-8-13-25(16)18(24-17)20(27)23-15-10-5-4-9-14(15)21/h4-6,8-11,13H,2-3,7,12H2,1H3,(H,22,26)(H,23,27). The number of fused-ring (bicyclic) bond motifs is 1. The Balaban J connectivity index is 1.87. The molecule has 0 fully saturated rings. The molecule has 0 aliphatic carbocycles. The van der Waals surface area contributed by atoms with Crippen LogP contribution in [0.4, 0.5) is 10.1 Å². The summed E-state index contributed by atoms with van der Waals surface area (Å²) in [7, 11) is 0. The number of benzene rings is 1. The van der Waals surface area contributed by atoms with Crippen LogP contribution in [-0.2, 0) is 0 Å². The maximum Gasteiger partial charge on any atom is 0.292 e. The second-order valence-electron chi connectivity index (χ2n) is 6.14. The van der Waals surface area contributed by atoms with Gasteiger partial charge in [-0.3, -0.25) is 14.0 Å². The molecule has 0 saturated carbocycles. The molecule has 2 heterocycles. The summed E-state index contributed by atoms with van der Waals surface area (Å²) in [6.07, 6.45) is 4.62. The second-order valence-corrected chi connectivity index (χ2v) is 6.14. The zero-order valence-electron chi connectivity index (χ0n) is 15.0. The Hall–Kier alpha value is -3.22. The highest BCUT2D eigenvalue weighted by atomic mass is 19.1. The van der Waals surface area contributed by atoms with Gasteiger partial charge in [-0.25, -0.2) is 9.37 Å². The fraction of sp³-hybridized carbons (Fsp3) is 0.250. The summed E-state index contributed by atoms with van der Waals surface area (Å²) in [5.41, 5.74) is 0.746. The number of carbonyl (C=O) groups excluding carboxylic acids is 2. The lowest BCUT2D eigenvalue weighted by Crippen LogP contribution is -2.25. The number of nitrogens with zero attached hydrogens (tertiary/aromatic N) is 2. The molecule has 27 heavy (non-hydrogen) atoms. The van der Waals surface area contributed by atoms with E-state index in [2.05, 4.69) is 22.5 Å². The van der Waals surface area contributed by atoms with Crippen molar-refractivity contribution in [2.24, 2.45) is 0 Å². The van der Waals surface area contributed by atoms with Gasteiger partial charge < -0.3 is 10.6 Å². The summed E-state index contributed by atoms with van der Waals surface area (Å²) in [5.74, 6) is -1.45. The Morgan fingerprint density at radius 1 is 1.07 bits per heavy atom. The maximum absolute atomic E-state index is 13.8. The number of amides is 2. The molecule has 7 heteroatoms. The largest absolute Gasteiger partial charge is 0.351 e. The number of hydrogen-bond donors (Lipinski definition) is 2. The molecule has 2 amide bonds. The number of halogens is 1. The zero-order valence-corrected chi connectivity index (χ0v) is 15.0. The first-order valence-corrected chi connectivity index (χ1v) is 8.93. The number of carbonyl (C=O) groups is 2. The van der Waals surface area contributed by atoms with Crippen LogP contribution in [0.25, 0.3) is 5.52 Å². The van der Waals surface area contributed by atoms with Crippen LogP contribution in [0, 0.1) is 5.82 Å². The van der Waals surface area contributed by atoms with Crippen LogP contribution in [-0.4, -0.2) is 27.7 Å². The Bertz CT molecular complexity index is 968. The van der Waals surface area contributed by atoms with Crippen LogP contribution in [0.15, 0.2) is 48.7 Å². The highest BCUT2D eigenvalue weighted by Crippen LogP contribution is 2.17. The number of unbranched alkanes of at least 4 members (excludes halogenated alkanes) is 2. The smallest absolute Gasteiger partial charge is 0.292 e. The number of para-hydroxylation sites is 1. The van der Waals surface area contributed by atoms with E-state index in [1.165, 1.54) is 22.6 Å². The van der Waals surface area contributed by atoms with Crippen LogP contribution in [0.5, 0.6) is 0 Å². The number of anilines is 1. The van der Waals surface area contributed by atoms with E-state index in [1.54, 1.807) is 30.5 Å². The van der Waals surface area contributed by atoms with E-state index >= 15 is 0 Å². The minimum atomic E-state index is -0.591. The van der Waals surface area contributed by atoms with Gasteiger partial charge in [-0.2, -0.15) is 0 Å². The quantitative estimate of drug-likeness (QED) is 0.625. The van der Waals surface area contributed by atoms with Crippen molar-refractivity contribution in [3.63, 3.8) is 0 Å². The van der Waals surface area contributed by atoms with Gasteiger partial charge in [-0.15, -0.1) is 0 Å². The molecule has 6 nitrogen and oxygen atoms in total. The summed E-state index contributed by atoms with van der Waals surface area (Å²) in [6.45, 7) is 2.64. The molecule has 3 rings (SSSR count). The van der Waals surface area contributed by atoms with Crippen molar-refractivity contribution in [1.29, 1.82) is 0 Å². The van der Waals surface area contributed by atoms with E-state index in [0.717, 1.165) is 19.3 Å². The van der Waals surface area contributed by atoms with Crippen LogP contribution in [0.1, 0.15) is 47.3 Å². The molecule has 0 spiro atoms. The second kappa shape index (κ2) is 8.44. The fourth-order valence-electron chi connectivity index (χ4n) is 2.77. The summed E-state index contributed by atoms with van der Waals surface area (Å²) < 4.78 is 15.3. The number of hydrogen-bond acceptors (Lipinski definition) is 3. The van der Waals surface area contributed by atoms with Crippen LogP contribution in [0.3, 0.4) is 0 Å². The van der Waals surface area contributed by atoms with Gasteiger partial charge in [0.2, 0.25) is 5.82 Å². The van der Waals surface area contributed by atoms with Crippen molar-refractivity contribution >= 4 is 23.0 Å². The lowest BCUT2D eigenvalue weighted by atomic mass is 10.2. The summed E-state index contributed by atoms with van der Waals surface area (Å²) in [4.78, 5) is 29.3. The minimum absolute atomic E-state index is 0.0209. The van der Waals surface area contributed by atoms with E-state index in [-0.39, 0.29) is 23.1 Å². The highest BCUT2D eigenvalue weighted by molar-refractivity contribution is 6.06. The molecule has 1 aromatic carbocycles.